The molecule has 25 heavy (non-hydrogen) atoms. The van der Waals surface area contributed by atoms with Gasteiger partial charge in [-0.25, -0.2) is 21.1 Å². The number of benzene rings is 1. The Balaban J connectivity index is 1.94. The molecule has 3 rings (SSSR count). The number of aryl methyl sites for hydroxylation is 1. The first-order chi connectivity index (χ1) is 11.6. The second kappa shape index (κ2) is 6.35. The van der Waals surface area contributed by atoms with Gasteiger partial charge in [0.05, 0.1) is 16.3 Å². The van der Waals surface area contributed by atoms with Crippen LogP contribution in [0.2, 0.25) is 0 Å². The van der Waals surface area contributed by atoms with Crippen LogP contribution in [0.15, 0.2) is 23.1 Å². The van der Waals surface area contributed by atoms with E-state index in [0.717, 1.165) is 4.31 Å². The molecular weight excluding hydrogens is 366 g/mol. The lowest BCUT2D eigenvalue weighted by Crippen LogP contribution is -2.47. The van der Waals surface area contributed by atoms with E-state index >= 15 is 0 Å². The van der Waals surface area contributed by atoms with E-state index in [1.807, 2.05) is 7.05 Å². The summed E-state index contributed by atoms with van der Waals surface area (Å²) in [6.07, 6.45) is -0.0529. The smallest absolute Gasteiger partial charge is 0.243 e. The summed E-state index contributed by atoms with van der Waals surface area (Å²) in [4.78, 5) is 14.1. The summed E-state index contributed by atoms with van der Waals surface area (Å²) in [5.41, 5.74) is 0.614. The first-order valence-corrected chi connectivity index (χ1v) is 11.0. The molecule has 0 radical (unpaired) electrons. The summed E-state index contributed by atoms with van der Waals surface area (Å²) >= 11 is 0. The average molecular weight is 387 g/mol. The van der Waals surface area contributed by atoms with Gasteiger partial charge in [-0.15, -0.1) is 0 Å². The molecule has 2 aliphatic rings. The highest BCUT2D eigenvalue weighted by Gasteiger charge is 2.37. The van der Waals surface area contributed by atoms with Crippen molar-refractivity contribution in [2.75, 3.05) is 43.3 Å². The Morgan fingerprint density at radius 2 is 1.72 bits per heavy atom. The summed E-state index contributed by atoms with van der Waals surface area (Å²) < 4.78 is 51.9. The highest BCUT2D eigenvalue weighted by Crippen LogP contribution is 2.29. The van der Waals surface area contributed by atoms with E-state index in [4.69, 9.17) is 0 Å². The van der Waals surface area contributed by atoms with E-state index in [0.29, 0.717) is 31.7 Å². The van der Waals surface area contributed by atoms with Gasteiger partial charge in [0.25, 0.3) is 0 Å². The van der Waals surface area contributed by atoms with Crippen LogP contribution in [0.4, 0.5) is 5.69 Å². The number of nitrogens with zero attached hydrogens (tertiary/aromatic N) is 3. The number of anilines is 1. The minimum Gasteiger partial charge on any atom is -0.304 e. The predicted octanol–water partition coefficient (Wildman–Crippen LogP) is -0.00238. The van der Waals surface area contributed by atoms with E-state index in [-0.39, 0.29) is 22.8 Å². The average Bonchev–Trinajstić information content (AvgIpc) is 2.80. The van der Waals surface area contributed by atoms with Crippen LogP contribution in [-0.4, -0.2) is 70.9 Å². The van der Waals surface area contributed by atoms with E-state index in [2.05, 4.69) is 4.90 Å². The van der Waals surface area contributed by atoms with Gasteiger partial charge in [-0.1, -0.05) is 0 Å². The quantitative estimate of drug-likeness (QED) is 0.724. The van der Waals surface area contributed by atoms with Gasteiger partial charge in [-0.3, -0.25) is 4.79 Å². The van der Waals surface area contributed by atoms with Gasteiger partial charge in [0, 0.05) is 32.6 Å². The summed E-state index contributed by atoms with van der Waals surface area (Å²) in [7, 11) is -5.37. The first kappa shape index (κ1) is 18.3. The van der Waals surface area contributed by atoms with Crippen LogP contribution in [0.1, 0.15) is 12.0 Å². The number of hydrogen-bond donors (Lipinski definition) is 0. The van der Waals surface area contributed by atoms with Gasteiger partial charge in [-0.05, 0) is 37.7 Å². The monoisotopic (exact) mass is 387 g/mol. The molecule has 0 unspecified atom stereocenters. The summed E-state index contributed by atoms with van der Waals surface area (Å²) in [6, 6.07) is 4.22. The molecule has 2 aliphatic heterocycles. The summed E-state index contributed by atoms with van der Waals surface area (Å²) in [5, 5.41) is 0. The van der Waals surface area contributed by atoms with Crippen LogP contribution in [-0.2, 0) is 24.8 Å². The molecule has 2 heterocycles. The van der Waals surface area contributed by atoms with Crippen molar-refractivity contribution in [3.63, 3.8) is 0 Å². The Hall–Kier alpha value is -1.49. The first-order valence-electron chi connectivity index (χ1n) is 7.98. The maximum atomic E-state index is 12.8. The van der Waals surface area contributed by atoms with Crippen molar-refractivity contribution in [1.82, 2.24) is 9.21 Å². The molecule has 8 nitrogen and oxygen atoms in total. The Morgan fingerprint density at radius 1 is 1.08 bits per heavy atom. The number of amides is 1. The molecule has 1 aromatic carbocycles. The van der Waals surface area contributed by atoms with Crippen molar-refractivity contribution >= 4 is 31.6 Å². The second-order valence-electron chi connectivity index (χ2n) is 6.38. The summed E-state index contributed by atoms with van der Waals surface area (Å²) in [6.45, 7) is 3.77. The standard InChI is InChI=1S/C15H21N3O5S2/c1-12-11-13(18-15(19)5-10-24(18,20)21)3-4-14(12)25(22,23)17-8-6-16(2)7-9-17/h3-4,11H,5-10H2,1-2H3. The number of likely N-dealkylation sites (N-methyl/N-ethyl adjacent to an activating group) is 1. The second-order valence-corrected chi connectivity index (χ2v) is 10.2. The van der Waals surface area contributed by atoms with Gasteiger partial charge in [0.15, 0.2) is 0 Å². The Bertz CT molecular complexity index is 903. The van der Waals surface area contributed by atoms with Gasteiger partial charge in [0.2, 0.25) is 26.0 Å². The third-order valence-electron chi connectivity index (χ3n) is 4.55. The van der Waals surface area contributed by atoms with Gasteiger partial charge in [0.1, 0.15) is 0 Å². The van der Waals surface area contributed by atoms with Crippen LogP contribution < -0.4 is 4.31 Å². The molecule has 10 heteroatoms. The SMILES string of the molecule is Cc1cc(N2C(=O)CCS2(=O)=O)ccc1S(=O)(=O)N1CCN(C)CC1. The lowest BCUT2D eigenvalue weighted by molar-refractivity contribution is -0.116. The van der Waals surface area contributed by atoms with Crippen LogP contribution in [0.3, 0.4) is 0 Å². The third kappa shape index (κ3) is 3.31. The van der Waals surface area contributed by atoms with Gasteiger partial charge >= 0.3 is 0 Å². The predicted molar refractivity (Wildman–Crippen MR) is 93.3 cm³/mol. The molecule has 0 atom stereocenters. The van der Waals surface area contributed by atoms with Crippen LogP contribution >= 0.6 is 0 Å². The van der Waals surface area contributed by atoms with Crippen molar-refractivity contribution in [3.8, 4) is 0 Å². The van der Waals surface area contributed by atoms with E-state index in [1.54, 1.807) is 6.92 Å². The molecule has 2 fully saturated rings. The number of carbonyl (C=O) groups excluding carboxylic acids is 1. The fraction of sp³-hybridized carbons (Fsp3) is 0.533. The van der Waals surface area contributed by atoms with Crippen molar-refractivity contribution in [2.45, 2.75) is 18.2 Å². The molecule has 0 N–H and O–H groups in total. The number of sulfonamides is 2. The number of carbonyl (C=O) groups is 1. The normalized spacial score (nSPS) is 22.5. The van der Waals surface area contributed by atoms with Crippen LogP contribution in [0, 0.1) is 6.92 Å². The van der Waals surface area contributed by atoms with Gasteiger partial charge in [-0.2, -0.15) is 4.31 Å². The van der Waals surface area contributed by atoms with Crippen LogP contribution in [0.25, 0.3) is 0 Å². The highest BCUT2D eigenvalue weighted by molar-refractivity contribution is 7.94. The molecule has 1 aromatic rings. The topological polar surface area (TPSA) is 95.1 Å². The Kier molecular flexibility index (Phi) is 4.65. The highest BCUT2D eigenvalue weighted by atomic mass is 32.2. The maximum Gasteiger partial charge on any atom is 0.243 e. The minimum atomic E-state index is -3.66. The zero-order chi connectivity index (χ0) is 18.4. The molecule has 1 amide bonds. The Morgan fingerprint density at radius 3 is 2.24 bits per heavy atom. The maximum absolute atomic E-state index is 12.8. The van der Waals surface area contributed by atoms with Gasteiger partial charge < -0.3 is 4.90 Å². The minimum absolute atomic E-state index is 0.0529. The molecule has 138 valence electrons. The zero-order valence-electron chi connectivity index (χ0n) is 14.2. The van der Waals surface area contributed by atoms with Crippen molar-refractivity contribution in [2.24, 2.45) is 0 Å². The number of rotatable bonds is 3. The zero-order valence-corrected chi connectivity index (χ0v) is 15.8. The van der Waals surface area contributed by atoms with E-state index in [1.165, 1.54) is 22.5 Å². The molecular formula is C15H21N3O5S2. The molecule has 0 saturated carbocycles. The lowest BCUT2D eigenvalue weighted by atomic mass is 10.2. The third-order valence-corrected chi connectivity index (χ3v) is 8.30. The van der Waals surface area contributed by atoms with Crippen molar-refractivity contribution in [1.29, 1.82) is 0 Å². The Labute approximate surface area is 148 Å². The van der Waals surface area contributed by atoms with Crippen molar-refractivity contribution in [3.05, 3.63) is 23.8 Å². The molecule has 0 aliphatic carbocycles. The lowest BCUT2D eigenvalue weighted by Gasteiger charge is -2.32. The fourth-order valence-corrected chi connectivity index (χ4v) is 6.17. The van der Waals surface area contributed by atoms with E-state index in [9.17, 15) is 21.6 Å². The van der Waals surface area contributed by atoms with Crippen molar-refractivity contribution < 1.29 is 21.6 Å². The van der Waals surface area contributed by atoms with Crippen LogP contribution in [0.5, 0.6) is 0 Å². The molecule has 2 saturated heterocycles. The fourth-order valence-electron chi connectivity index (χ4n) is 3.09. The molecule has 0 bridgehead atoms. The number of hydrogen-bond acceptors (Lipinski definition) is 6. The molecule has 0 aromatic heterocycles. The number of piperazine rings is 1. The largest absolute Gasteiger partial charge is 0.304 e. The molecule has 0 spiro atoms. The van der Waals surface area contributed by atoms with E-state index < -0.39 is 26.0 Å². The summed E-state index contributed by atoms with van der Waals surface area (Å²) in [5.74, 6) is -0.708.